The highest BCUT2D eigenvalue weighted by atomic mass is 16.3. The van der Waals surface area contributed by atoms with Gasteiger partial charge in [-0.3, -0.25) is 0 Å². The minimum Gasteiger partial charge on any atom is -0.389 e. The number of hydrogen-bond acceptors (Lipinski definition) is 2. The number of piperidine rings is 1. The Morgan fingerprint density at radius 1 is 1.17 bits per heavy atom. The highest BCUT2D eigenvalue weighted by Gasteiger charge is 2.31. The van der Waals surface area contributed by atoms with Crippen LogP contribution in [-0.4, -0.2) is 35.2 Å². The van der Waals surface area contributed by atoms with Crippen molar-refractivity contribution < 1.29 is 5.11 Å². The maximum absolute atomic E-state index is 10.7. The van der Waals surface area contributed by atoms with E-state index in [0.717, 1.165) is 38.9 Å². The van der Waals surface area contributed by atoms with Gasteiger partial charge in [0.1, 0.15) is 0 Å². The van der Waals surface area contributed by atoms with E-state index in [0.29, 0.717) is 0 Å². The van der Waals surface area contributed by atoms with Crippen LogP contribution >= 0.6 is 0 Å². The van der Waals surface area contributed by atoms with Crippen molar-refractivity contribution in [3.05, 3.63) is 34.9 Å². The average molecular weight is 247 g/mol. The van der Waals surface area contributed by atoms with Crippen molar-refractivity contribution in [2.24, 2.45) is 0 Å². The van der Waals surface area contributed by atoms with Gasteiger partial charge in [-0.25, -0.2) is 0 Å². The van der Waals surface area contributed by atoms with Crippen LogP contribution in [0.5, 0.6) is 0 Å². The number of likely N-dealkylation sites (tertiary alicyclic amines) is 1. The summed E-state index contributed by atoms with van der Waals surface area (Å²) in [6, 6.07) is 6.54. The third-order valence-corrected chi connectivity index (χ3v) is 4.34. The van der Waals surface area contributed by atoms with Crippen LogP contribution in [0.4, 0.5) is 0 Å². The Morgan fingerprint density at radius 2 is 1.83 bits per heavy atom. The van der Waals surface area contributed by atoms with Crippen LogP contribution in [0, 0.1) is 13.8 Å². The third kappa shape index (κ3) is 3.12. The molecular weight excluding hydrogens is 222 g/mol. The summed E-state index contributed by atoms with van der Waals surface area (Å²) in [5.74, 6) is 0. The molecule has 1 N–H and O–H groups in total. The Labute approximate surface area is 111 Å². The highest BCUT2D eigenvalue weighted by Crippen LogP contribution is 2.26. The monoisotopic (exact) mass is 247 g/mol. The van der Waals surface area contributed by atoms with Gasteiger partial charge in [0.2, 0.25) is 0 Å². The van der Waals surface area contributed by atoms with E-state index >= 15 is 0 Å². The van der Waals surface area contributed by atoms with Gasteiger partial charge in [-0.1, -0.05) is 25.1 Å². The van der Waals surface area contributed by atoms with Gasteiger partial charge in [0.15, 0.2) is 0 Å². The molecule has 0 saturated carbocycles. The second kappa shape index (κ2) is 5.41. The molecule has 1 aliphatic heterocycles. The van der Waals surface area contributed by atoms with Gasteiger partial charge in [-0.15, -0.1) is 0 Å². The summed E-state index contributed by atoms with van der Waals surface area (Å²) in [5.41, 5.74) is 3.42. The number of rotatable bonds is 3. The van der Waals surface area contributed by atoms with Gasteiger partial charge in [0.05, 0.1) is 5.60 Å². The van der Waals surface area contributed by atoms with Crippen molar-refractivity contribution in [3.63, 3.8) is 0 Å². The average Bonchev–Trinajstić information content (AvgIpc) is 2.35. The van der Waals surface area contributed by atoms with Crippen LogP contribution in [-0.2, 0) is 6.42 Å². The summed E-state index contributed by atoms with van der Waals surface area (Å²) in [4.78, 5) is 2.41. The Bertz CT molecular complexity index is 406. The Kier molecular flexibility index (Phi) is 4.08. The first kappa shape index (κ1) is 13.6. The van der Waals surface area contributed by atoms with E-state index < -0.39 is 5.60 Å². The maximum atomic E-state index is 10.7. The van der Waals surface area contributed by atoms with E-state index in [1.807, 2.05) is 0 Å². The van der Waals surface area contributed by atoms with E-state index in [1.165, 1.54) is 16.7 Å². The number of benzene rings is 1. The fraction of sp³-hybridized carbons (Fsp3) is 0.625. The summed E-state index contributed by atoms with van der Waals surface area (Å²) in [6.07, 6.45) is 2.59. The molecule has 0 radical (unpaired) electrons. The molecular formula is C16H25NO. The lowest BCUT2D eigenvalue weighted by molar-refractivity contribution is -0.0194. The first-order valence-electron chi connectivity index (χ1n) is 7.03. The van der Waals surface area contributed by atoms with Crippen LogP contribution in [0.2, 0.25) is 0 Å². The molecule has 100 valence electrons. The molecule has 1 fully saturated rings. The van der Waals surface area contributed by atoms with Crippen molar-refractivity contribution in [2.45, 2.75) is 45.6 Å². The molecule has 0 aromatic heterocycles. The van der Waals surface area contributed by atoms with E-state index in [2.05, 4.69) is 43.9 Å². The van der Waals surface area contributed by atoms with Gasteiger partial charge >= 0.3 is 0 Å². The quantitative estimate of drug-likeness (QED) is 0.887. The van der Waals surface area contributed by atoms with Crippen LogP contribution in [0.1, 0.15) is 36.5 Å². The largest absolute Gasteiger partial charge is 0.389 e. The molecule has 1 heterocycles. The zero-order valence-corrected chi connectivity index (χ0v) is 11.9. The number of nitrogens with zero attached hydrogens (tertiary/aromatic N) is 1. The molecule has 0 atom stereocenters. The van der Waals surface area contributed by atoms with Crippen LogP contribution in [0.25, 0.3) is 0 Å². The van der Waals surface area contributed by atoms with Gasteiger partial charge in [0, 0.05) is 19.5 Å². The van der Waals surface area contributed by atoms with Crippen molar-refractivity contribution in [1.82, 2.24) is 4.90 Å². The lowest BCUT2D eigenvalue weighted by atomic mass is 9.85. The molecule has 2 nitrogen and oxygen atoms in total. The predicted molar refractivity (Wildman–Crippen MR) is 75.9 cm³/mol. The molecule has 0 unspecified atom stereocenters. The summed E-state index contributed by atoms with van der Waals surface area (Å²) in [6.45, 7) is 9.61. The van der Waals surface area contributed by atoms with Gasteiger partial charge in [-0.2, -0.15) is 0 Å². The summed E-state index contributed by atoms with van der Waals surface area (Å²) in [5, 5.41) is 10.7. The second-order valence-corrected chi connectivity index (χ2v) is 5.75. The van der Waals surface area contributed by atoms with E-state index in [9.17, 15) is 5.11 Å². The first-order valence-corrected chi connectivity index (χ1v) is 7.03. The summed E-state index contributed by atoms with van der Waals surface area (Å²) < 4.78 is 0. The summed E-state index contributed by atoms with van der Waals surface area (Å²) in [7, 11) is 0. The van der Waals surface area contributed by atoms with Crippen LogP contribution in [0.3, 0.4) is 0 Å². The Hall–Kier alpha value is -0.860. The molecule has 0 aliphatic carbocycles. The molecule has 1 aromatic rings. The third-order valence-electron chi connectivity index (χ3n) is 4.34. The zero-order valence-electron chi connectivity index (χ0n) is 11.9. The van der Waals surface area contributed by atoms with E-state index in [1.54, 1.807) is 0 Å². The fourth-order valence-corrected chi connectivity index (χ4v) is 2.76. The normalized spacial score (nSPS) is 20.0. The lowest BCUT2D eigenvalue weighted by Crippen LogP contribution is -2.45. The maximum Gasteiger partial charge on any atom is 0.0712 e. The zero-order chi connectivity index (χ0) is 13.2. The second-order valence-electron chi connectivity index (χ2n) is 5.75. The number of hydrogen-bond donors (Lipinski definition) is 1. The fourth-order valence-electron chi connectivity index (χ4n) is 2.76. The molecule has 18 heavy (non-hydrogen) atoms. The number of aliphatic hydroxyl groups is 1. The molecule has 2 rings (SSSR count). The van der Waals surface area contributed by atoms with E-state index in [4.69, 9.17) is 0 Å². The molecule has 1 saturated heterocycles. The van der Waals surface area contributed by atoms with Gasteiger partial charge in [-0.05, 0) is 49.9 Å². The molecule has 1 aliphatic rings. The predicted octanol–water partition coefficient (Wildman–Crippen LogP) is 2.69. The van der Waals surface area contributed by atoms with Crippen molar-refractivity contribution >= 4 is 0 Å². The molecule has 1 aromatic carbocycles. The minimum absolute atomic E-state index is 0.493. The number of aryl methyl sites for hydroxylation is 2. The van der Waals surface area contributed by atoms with Crippen molar-refractivity contribution in [1.29, 1.82) is 0 Å². The lowest BCUT2D eigenvalue weighted by Gasteiger charge is -2.38. The smallest absolute Gasteiger partial charge is 0.0712 e. The van der Waals surface area contributed by atoms with E-state index in [-0.39, 0.29) is 0 Å². The molecule has 0 bridgehead atoms. The molecule has 0 amide bonds. The van der Waals surface area contributed by atoms with Crippen molar-refractivity contribution in [2.75, 3.05) is 19.6 Å². The Balaban J connectivity index is 2.02. The summed E-state index contributed by atoms with van der Waals surface area (Å²) >= 11 is 0. The standard InChI is InChI=1S/C16H25NO/c1-4-17-9-7-16(18,8-10-17)12-15-6-5-13(2)14(3)11-15/h5-6,11,18H,4,7-10,12H2,1-3H3. The van der Waals surface area contributed by atoms with Crippen molar-refractivity contribution in [3.8, 4) is 0 Å². The molecule has 0 spiro atoms. The Morgan fingerprint density at radius 3 is 2.39 bits per heavy atom. The minimum atomic E-state index is -0.493. The van der Waals surface area contributed by atoms with Gasteiger partial charge in [0.25, 0.3) is 0 Å². The topological polar surface area (TPSA) is 23.5 Å². The van der Waals surface area contributed by atoms with Crippen LogP contribution in [0.15, 0.2) is 18.2 Å². The first-order chi connectivity index (χ1) is 8.52. The SMILES string of the molecule is CCN1CCC(O)(Cc2ccc(C)c(C)c2)CC1. The molecule has 2 heteroatoms. The van der Waals surface area contributed by atoms with Gasteiger partial charge < -0.3 is 10.0 Å². The van der Waals surface area contributed by atoms with Crippen LogP contribution < -0.4 is 0 Å². The highest BCUT2D eigenvalue weighted by molar-refractivity contribution is 5.30.